The molecular weight excluding hydrogens is 420 g/mol. The Morgan fingerprint density at radius 3 is 2.22 bits per heavy atom. The van der Waals surface area contributed by atoms with Gasteiger partial charge < -0.3 is 21.1 Å². The first-order valence-electron chi connectivity index (χ1n) is 9.03. The number of benzene rings is 3. The van der Waals surface area contributed by atoms with Crippen molar-refractivity contribution in [3.05, 3.63) is 83.4 Å². The van der Waals surface area contributed by atoms with Gasteiger partial charge in [0, 0.05) is 17.3 Å². The average molecular weight is 435 g/mol. The lowest BCUT2D eigenvalue weighted by Crippen LogP contribution is -2.29. The fourth-order valence-electron chi connectivity index (χ4n) is 2.66. The molecule has 0 heterocycles. The van der Waals surface area contributed by atoms with Gasteiger partial charge in [0.2, 0.25) is 0 Å². The molecular formula is C23H15F2N3O4. The zero-order valence-corrected chi connectivity index (χ0v) is 16.3. The Bertz CT molecular complexity index is 1250. The number of anilines is 2. The van der Waals surface area contributed by atoms with Gasteiger partial charge in [0.05, 0.1) is 5.56 Å². The number of para-hydroxylation sites is 1. The highest BCUT2D eigenvalue weighted by Crippen LogP contribution is 2.27. The molecule has 3 aromatic carbocycles. The van der Waals surface area contributed by atoms with E-state index in [1.165, 1.54) is 30.3 Å². The molecule has 7 nitrogen and oxygen atoms in total. The van der Waals surface area contributed by atoms with E-state index in [9.17, 15) is 23.2 Å². The molecule has 0 aliphatic rings. The van der Waals surface area contributed by atoms with Crippen molar-refractivity contribution in [3.63, 3.8) is 0 Å². The van der Waals surface area contributed by atoms with Gasteiger partial charge in [0.25, 0.3) is 5.91 Å². The second-order valence-electron chi connectivity index (χ2n) is 6.36. The quantitative estimate of drug-likeness (QED) is 0.421. The number of amides is 3. The number of hydrogen-bond donors (Lipinski definition) is 3. The fourth-order valence-corrected chi connectivity index (χ4v) is 2.66. The molecule has 32 heavy (non-hydrogen) atoms. The SMILES string of the molecule is C#Cc1cc(F)c(NC(=O)C(=O)Nc2cccc(Oc3ccccc3C(N)=O)c2)c(F)c1. The summed E-state index contributed by atoms with van der Waals surface area (Å²) < 4.78 is 33.6. The van der Waals surface area contributed by atoms with Gasteiger partial charge >= 0.3 is 11.8 Å². The molecule has 3 rings (SSSR count). The van der Waals surface area contributed by atoms with Crippen LogP contribution in [0.3, 0.4) is 0 Å². The van der Waals surface area contributed by atoms with E-state index in [0.29, 0.717) is 0 Å². The first-order chi connectivity index (χ1) is 15.3. The second-order valence-corrected chi connectivity index (χ2v) is 6.36. The lowest BCUT2D eigenvalue weighted by molar-refractivity contribution is -0.133. The zero-order chi connectivity index (χ0) is 23.3. The van der Waals surface area contributed by atoms with Crippen LogP contribution in [0.5, 0.6) is 11.5 Å². The largest absolute Gasteiger partial charge is 0.456 e. The van der Waals surface area contributed by atoms with Crippen LogP contribution in [0.2, 0.25) is 0 Å². The van der Waals surface area contributed by atoms with Crippen LogP contribution < -0.4 is 21.1 Å². The van der Waals surface area contributed by atoms with Crippen LogP contribution >= 0.6 is 0 Å². The van der Waals surface area contributed by atoms with Gasteiger partial charge in [-0.25, -0.2) is 8.78 Å². The Morgan fingerprint density at radius 2 is 1.56 bits per heavy atom. The van der Waals surface area contributed by atoms with E-state index in [1.54, 1.807) is 18.2 Å². The standard InChI is InChI=1S/C23H15F2N3O4/c1-2-13-10-17(24)20(18(25)11-13)28-23(31)22(30)27-14-6-5-7-15(12-14)32-19-9-4-3-8-16(19)21(26)29/h1,3-12H,(H2,26,29)(H,27,30)(H,28,31). The summed E-state index contributed by atoms with van der Waals surface area (Å²) in [5.74, 6) is -2.91. The first-order valence-corrected chi connectivity index (χ1v) is 9.03. The van der Waals surface area contributed by atoms with Gasteiger partial charge in [-0.2, -0.15) is 0 Å². The predicted molar refractivity (Wildman–Crippen MR) is 113 cm³/mol. The maximum atomic E-state index is 14.0. The van der Waals surface area contributed by atoms with Crippen molar-refractivity contribution in [2.24, 2.45) is 5.73 Å². The van der Waals surface area contributed by atoms with E-state index in [1.807, 2.05) is 5.32 Å². The summed E-state index contributed by atoms with van der Waals surface area (Å²) >= 11 is 0. The van der Waals surface area contributed by atoms with Crippen LogP contribution in [0.4, 0.5) is 20.2 Å². The van der Waals surface area contributed by atoms with Gasteiger partial charge in [0.1, 0.15) is 17.2 Å². The van der Waals surface area contributed by atoms with Crippen molar-refractivity contribution >= 4 is 29.1 Å². The highest BCUT2D eigenvalue weighted by atomic mass is 19.1. The minimum Gasteiger partial charge on any atom is -0.456 e. The van der Waals surface area contributed by atoms with Crippen molar-refractivity contribution in [1.29, 1.82) is 0 Å². The van der Waals surface area contributed by atoms with Crippen molar-refractivity contribution in [3.8, 4) is 23.8 Å². The Morgan fingerprint density at radius 1 is 0.906 bits per heavy atom. The maximum Gasteiger partial charge on any atom is 0.314 e. The van der Waals surface area contributed by atoms with Crippen molar-refractivity contribution in [2.45, 2.75) is 0 Å². The number of rotatable bonds is 5. The summed E-state index contributed by atoms with van der Waals surface area (Å²) in [6.07, 6.45) is 5.09. The van der Waals surface area contributed by atoms with E-state index in [4.69, 9.17) is 16.9 Å². The maximum absolute atomic E-state index is 14.0. The Balaban J connectivity index is 1.72. The fraction of sp³-hybridized carbons (Fsp3) is 0. The summed E-state index contributed by atoms with van der Waals surface area (Å²) in [6.45, 7) is 0. The molecule has 0 unspecified atom stereocenters. The van der Waals surface area contributed by atoms with Crippen molar-refractivity contribution in [1.82, 2.24) is 0 Å². The molecule has 3 amide bonds. The second kappa shape index (κ2) is 9.40. The van der Waals surface area contributed by atoms with Crippen LogP contribution in [-0.2, 0) is 9.59 Å². The third kappa shape index (κ3) is 5.06. The number of ether oxygens (including phenoxy) is 1. The van der Waals surface area contributed by atoms with Crippen LogP contribution in [0.25, 0.3) is 0 Å². The van der Waals surface area contributed by atoms with Gasteiger partial charge in [-0.1, -0.05) is 24.1 Å². The Kier molecular flexibility index (Phi) is 6.46. The molecule has 0 aliphatic carbocycles. The van der Waals surface area contributed by atoms with Crippen molar-refractivity contribution < 1.29 is 27.9 Å². The van der Waals surface area contributed by atoms with E-state index in [0.717, 1.165) is 12.1 Å². The summed E-state index contributed by atoms with van der Waals surface area (Å²) in [5, 5.41) is 4.16. The number of primary amides is 1. The molecule has 0 spiro atoms. The molecule has 0 bridgehead atoms. The lowest BCUT2D eigenvalue weighted by atomic mass is 10.2. The third-order valence-corrected chi connectivity index (χ3v) is 4.13. The predicted octanol–water partition coefficient (Wildman–Crippen LogP) is 3.41. The molecule has 0 saturated heterocycles. The summed E-state index contributed by atoms with van der Waals surface area (Å²) in [5.41, 5.74) is 4.76. The third-order valence-electron chi connectivity index (χ3n) is 4.13. The minimum atomic E-state index is -1.30. The number of hydrogen-bond acceptors (Lipinski definition) is 4. The van der Waals surface area contributed by atoms with Gasteiger partial charge in [-0.3, -0.25) is 14.4 Å². The molecule has 0 aliphatic heterocycles. The lowest BCUT2D eigenvalue weighted by Gasteiger charge is -2.11. The van der Waals surface area contributed by atoms with Gasteiger partial charge in [-0.15, -0.1) is 6.42 Å². The normalized spacial score (nSPS) is 10.0. The monoisotopic (exact) mass is 435 g/mol. The zero-order valence-electron chi connectivity index (χ0n) is 16.3. The topological polar surface area (TPSA) is 111 Å². The average Bonchev–Trinajstić information content (AvgIpc) is 2.76. The van der Waals surface area contributed by atoms with Gasteiger partial charge in [-0.05, 0) is 36.4 Å². The van der Waals surface area contributed by atoms with Crippen LogP contribution in [-0.4, -0.2) is 17.7 Å². The van der Waals surface area contributed by atoms with E-state index < -0.39 is 35.0 Å². The van der Waals surface area contributed by atoms with E-state index in [-0.39, 0.29) is 28.3 Å². The van der Waals surface area contributed by atoms with Crippen LogP contribution in [0.1, 0.15) is 15.9 Å². The smallest absolute Gasteiger partial charge is 0.314 e. The summed E-state index contributed by atoms with van der Waals surface area (Å²) in [6, 6.07) is 13.9. The molecule has 4 N–H and O–H groups in total. The Labute approximate surface area is 181 Å². The highest BCUT2D eigenvalue weighted by Gasteiger charge is 2.19. The molecule has 0 aromatic heterocycles. The number of carbonyl (C=O) groups excluding carboxylic acids is 3. The number of halogens is 2. The first kappa shape index (κ1) is 22.0. The van der Waals surface area contributed by atoms with Gasteiger partial charge in [0.15, 0.2) is 11.6 Å². The number of carbonyl (C=O) groups is 3. The molecule has 0 radical (unpaired) electrons. The van der Waals surface area contributed by atoms with Crippen LogP contribution in [0.15, 0.2) is 60.7 Å². The summed E-state index contributed by atoms with van der Waals surface area (Å²) in [4.78, 5) is 35.8. The molecule has 0 saturated carbocycles. The number of terminal acetylenes is 1. The number of nitrogens with two attached hydrogens (primary N) is 1. The molecule has 3 aromatic rings. The number of nitrogens with one attached hydrogen (secondary N) is 2. The Hall–Kier alpha value is -4.71. The van der Waals surface area contributed by atoms with E-state index in [2.05, 4.69) is 11.2 Å². The highest BCUT2D eigenvalue weighted by molar-refractivity contribution is 6.43. The molecule has 0 fully saturated rings. The molecule has 0 atom stereocenters. The molecule has 160 valence electrons. The summed E-state index contributed by atoms with van der Waals surface area (Å²) in [7, 11) is 0. The van der Waals surface area contributed by atoms with Crippen LogP contribution in [0, 0.1) is 24.0 Å². The van der Waals surface area contributed by atoms with E-state index >= 15 is 0 Å². The minimum absolute atomic E-state index is 0.0582. The molecule has 9 heteroatoms. The van der Waals surface area contributed by atoms with Crippen molar-refractivity contribution in [2.75, 3.05) is 10.6 Å².